The highest BCUT2D eigenvalue weighted by molar-refractivity contribution is 8.13. The molecule has 1 aromatic carbocycles. The van der Waals surface area contributed by atoms with Gasteiger partial charge in [-0.1, -0.05) is 31.1 Å². The van der Waals surface area contributed by atoms with Gasteiger partial charge in [0.1, 0.15) is 11.4 Å². The predicted molar refractivity (Wildman–Crippen MR) is 80.6 cm³/mol. The maximum atomic E-state index is 5.49. The molecule has 0 bridgehead atoms. The molecule has 0 spiro atoms. The van der Waals surface area contributed by atoms with Gasteiger partial charge in [-0.25, -0.2) is 4.98 Å². The molecule has 5 heteroatoms. The number of benzene rings is 1. The Morgan fingerprint density at radius 1 is 1.32 bits per heavy atom. The maximum Gasteiger partial charge on any atom is 0.259 e. The van der Waals surface area contributed by atoms with Crippen LogP contribution in [-0.2, 0) is 0 Å². The Hall–Kier alpha value is -1.62. The summed E-state index contributed by atoms with van der Waals surface area (Å²) in [5, 5.41) is 6.04. The van der Waals surface area contributed by atoms with Crippen LogP contribution in [0.2, 0.25) is 0 Å². The topological polar surface area (TPSA) is 47.4 Å². The number of para-hydroxylation sites is 1. The zero-order valence-corrected chi connectivity index (χ0v) is 12.1. The molecule has 0 radical (unpaired) electrons. The maximum absolute atomic E-state index is 5.49. The first-order chi connectivity index (χ1) is 9.20. The normalized spacial score (nSPS) is 12.1. The number of aromatic nitrogens is 2. The lowest BCUT2D eigenvalue weighted by Gasteiger charge is -2.06. The molecule has 4 nitrogen and oxygen atoms in total. The van der Waals surface area contributed by atoms with Crippen LogP contribution in [0.15, 0.2) is 35.7 Å². The molecule has 1 aromatic heterocycles. The van der Waals surface area contributed by atoms with Gasteiger partial charge in [-0.05, 0) is 24.3 Å². The van der Waals surface area contributed by atoms with E-state index in [2.05, 4.69) is 29.0 Å². The fraction of sp³-hybridized carbons (Fsp3) is 0.357. The Kier molecular flexibility index (Phi) is 4.74. The third kappa shape index (κ3) is 3.67. The van der Waals surface area contributed by atoms with Crippen LogP contribution >= 0.6 is 11.8 Å². The van der Waals surface area contributed by atoms with Crippen molar-refractivity contribution in [2.75, 3.05) is 6.26 Å². The van der Waals surface area contributed by atoms with Crippen LogP contribution < -0.4 is 4.84 Å². The van der Waals surface area contributed by atoms with Crippen molar-refractivity contribution >= 4 is 27.7 Å². The summed E-state index contributed by atoms with van der Waals surface area (Å²) in [7, 11) is 0. The minimum Gasteiger partial charge on any atom is -0.335 e. The van der Waals surface area contributed by atoms with E-state index in [0.717, 1.165) is 22.4 Å². The van der Waals surface area contributed by atoms with Crippen molar-refractivity contribution in [2.45, 2.75) is 20.3 Å². The van der Waals surface area contributed by atoms with Crippen molar-refractivity contribution in [3.8, 4) is 5.88 Å². The van der Waals surface area contributed by atoms with Gasteiger partial charge in [-0.3, -0.25) is 0 Å². The number of oxime groups is 1. The average molecular weight is 275 g/mol. The van der Waals surface area contributed by atoms with Crippen LogP contribution in [0.3, 0.4) is 0 Å². The standard InChI is InChI=1S/C14H17N3OS/c1-10(2)8-13(19-3)17-18-14-11-6-4-5-7-12(11)15-9-16-14/h4-7,9-10H,8H2,1-3H3. The van der Waals surface area contributed by atoms with Crippen LogP contribution in [0.1, 0.15) is 20.3 Å². The van der Waals surface area contributed by atoms with Crippen LogP contribution in [-0.4, -0.2) is 21.3 Å². The largest absolute Gasteiger partial charge is 0.335 e. The summed E-state index contributed by atoms with van der Waals surface area (Å²) in [6, 6.07) is 7.74. The minimum atomic E-state index is 0.501. The zero-order chi connectivity index (χ0) is 13.7. The second kappa shape index (κ2) is 6.52. The van der Waals surface area contributed by atoms with Gasteiger partial charge in [-0.2, -0.15) is 4.98 Å². The minimum absolute atomic E-state index is 0.501. The van der Waals surface area contributed by atoms with Crippen molar-refractivity contribution in [2.24, 2.45) is 11.1 Å². The molecule has 0 atom stereocenters. The lowest BCUT2D eigenvalue weighted by Crippen LogP contribution is -2.01. The van der Waals surface area contributed by atoms with Gasteiger partial charge in [0.15, 0.2) is 0 Å². The summed E-state index contributed by atoms with van der Waals surface area (Å²) in [6.07, 6.45) is 4.40. The van der Waals surface area contributed by atoms with Gasteiger partial charge in [0.2, 0.25) is 0 Å². The molecule has 0 aliphatic carbocycles. The van der Waals surface area contributed by atoms with Crippen LogP contribution in [0.4, 0.5) is 0 Å². The molecule has 0 unspecified atom stereocenters. The van der Waals surface area contributed by atoms with Crippen LogP contribution in [0.25, 0.3) is 10.9 Å². The second-order valence-electron chi connectivity index (χ2n) is 4.57. The molecule has 1 heterocycles. The lowest BCUT2D eigenvalue weighted by atomic mass is 10.1. The quantitative estimate of drug-likeness (QED) is 0.484. The van der Waals surface area contributed by atoms with Gasteiger partial charge < -0.3 is 4.84 Å². The van der Waals surface area contributed by atoms with Gasteiger partial charge in [0, 0.05) is 6.42 Å². The fourth-order valence-electron chi connectivity index (χ4n) is 1.65. The van der Waals surface area contributed by atoms with Crippen LogP contribution in [0.5, 0.6) is 5.88 Å². The smallest absolute Gasteiger partial charge is 0.259 e. The summed E-state index contributed by atoms with van der Waals surface area (Å²) in [5.41, 5.74) is 0.859. The summed E-state index contributed by atoms with van der Waals surface area (Å²) < 4.78 is 0. The number of nitrogens with zero attached hydrogens (tertiary/aromatic N) is 3. The molecule has 2 aromatic rings. The van der Waals surface area contributed by atoms with E-state index in [1.807, 2.05) is 30.5 Å². The zero-order valence-electron chi connectivity index (χ0n) is 11.3. The third-order valence-electron chi connectivity index (χ3n) is 2.56. The molecule has 0 N–H and O–H groups in total. The average Bonchev–Trinajstić information content (AvgIpc) is 2.43. The molecule has 100 valence electrons. The first-order valence-electron chi connectivity index (χ1n) is 6.18. The number of fused-ring (bicyclic) bond motifs is 1. The molecule has 2 rings (SSSR count). The highest BCUT2D eigenvalue weighted by Crippen LogP contribution is 2.21. The second-order valence-corrected chi connectivity index (χ2v) is 5.45. The summed E-state index contributed by atoms with van der Waals surface area (Å²) in [4.78, 5) is 13.8. The van der Waals surface area contributed by atoms with Gasteiger partial charge >= 0.3 is 0 Å². The van der Waals surface area contributed by atoms with E-state index in [-0.39, 0.29) is 0 Å². The molecule has 0 aliphatic heterocycles. The first kappa shape index (κ1) is 13.8. The molecular formula is C14H17N3OS. The van der Waals surface area contributed by atoms with E-state index < -0.39 is 0 Å². The Bertz CT molecular complexity index is 578. The van der Waals surface area contributed by atoms with Gasteiger partial charge in [0.25, 0.3) is 5.88 Å². The number of hydrogen-bond acceptors (Lipinski definition) is 5. The van der Waals surface area contributed by atoms with E-state index in [9.17, 15) is 0 Å². The van der Waals surface area contributed by atoms with Crippen molar-refractivity contribution < 1.29 is 4.84 Å². The molecule has 0 fully saturated rings. The number of rotatable bonds is 4. The third-order valence-corrected chi connectivity index (χ3v) is 3.27. The van der Waals surface area contributed by atoms with Gasteiger partial charge in [0.05, 0.1) is 10.9 Å². The molecule has 19 heavy (non-hydrogen) atoms. The summed E-state index contributed by atoms with van der Waals surface area (Å²) in [5.74, 6) is 1.05. The SMILES string of the molecule is CSC(CC(C)C)=NOc1ncnc2ccccc12. The number of hydrogen-bond donors (Lipinski definition) is 0. The molecule has 0 saturated carbocycles. The van der Waals surface area contributed by atoms with E-state index in [1.165, 1.54) is 6.33 Å². The van der Waals surface area contributed by atoms with E-state index in [4.69, 9.17) is 4.84 Å². The number of thioether (sulfide) groups is 1. The monoisotopic (exact) mass is 275 g/mol. The van der Waals surface area contributed by atoms with Crippen LogP contribution in [0, 0.1) is 5.92 Å². The van der Waals surface area contributed by atoms with Crippen molar-refractivity contribution in [3.05, 3.63) is 30.6 Å². The van der Waals surface area contributed by atoms with Crippen molar-refractivity contribution in [1.29, 1.82) is 0 Å². The predicted octanol–water partition coefficient (Wildman–Crippen LogP) is 3.73. The first-order valence-corrected chi connectivity index (χ1v) is 7.40. The van der Waals surface area contributed by atoms with E-state index in [1.54, 1.807) is 11.8 Å². The Balaban J connectivity index is 2.23. The highest BCUT2D eigenvalue weighted by atomic mass is 32.2. The van der Waals surface area contributed by atoms with E-state index >= 15 is 0 Å². The van der Waals surface area contributed by atoms with Crippen molar-refractivity contribution in [3.63, 3.8) is 0 Å². The summed E-state index contributed by atoms with van der Waals surface area (Å²) in [6.45, 7) is 4.32. The Morgan fingerprint density at radius 2 is 2.11 bits per heavy atom. The molecule has 0 aliphatic rings. The molecular weight excluding hydrogens is 258 g/mol. The van der Waals surface area contributed by atoms with Gasteiger partial charge in [-0.15, -0.1) is 11.8 Å². The lowest BCUT2D eigenvalue weighted by molar-refractivity contribution is 0.331. The fourth-order valence-corrected chi connectivity index (χ4v) is 2.27. The van der Waals surface area contributed by atoms with E-state index in [0.29, 0.717) is 11.8 Å². The summed E-state index contributed by atoms with van der Waals surface area (Å²) >= 11 is 1.60. The Labute approximate surface area is 117 Å². The molecule has 0 amide bonds. The highest BCUT2D eigenvalue weighted by Gasteiger charge is 2.06. The van der Waals surface area contributed by atoms with Crippen molar-refractivity contribution in [1.82, 2.24) is 9.97 Å². The Morgan fingerprint density at radius 3 is 2.84 bits per heavy atom. The molecule has 0 saturated heterocycles.